The molecule has 0 bridgehead atoms. The monoisotopic (exact) mass is 450 g/mol. The van der Waals surface area contributed by atoms with Crippen LogP contribution in [-0.2, 0) is 4.79 Å². The summed E-state index contributed by atoms with van der Waals surface area (Å²) in [6.45, 7) is 0. The van der Waals surface area contributed by atoms with Gasteiger partial charge in [0.2, 0.25) is 11.1 Å². The molecular formula is C23H19ClN4O2S. The van der Waals surface area contributed by atoms with E-state index in [0.29, 0.717) is 27.4 Å². The smallest absolute Gasteiger partial charge is 0.242 e. The minimum atomic E-state index is -0.540. The average molecular weight is 451 g/mol. The Morgan fingerprint density at radius 3 is 2.58 bits per heavy atom. The second-order valence-electron chi connectivity index (χ2n) is 6.60. The van der Waals surface area contributed by atoms with Crippen molar-refractivity contribution < 1.29 is 9.53 Å². The zero-order valence-corrected chi connectivity index (χ0v) is 18.2. The van der Waals surface area contributed by atoms with Crippen molar-refractivity contribution in [3.05, 3.63) is 89.4 Å². The molecule has 2 N–H and O–H groups in total. The number of nitrogens with one attached hydrogen (secondary N) is 2. The first-order valence-electron chi connectivity index (χ1n) is 9.47. The maximum atomic E-state index is 13.2. The van der Waals surface area contributed by atoms with Crippen LogP contribution in [0.25, 0.3) is 11.4 Å². The van der Waals surface area contributed by atoms with Crippen LogP contribution in [0.2, 0.25) is 5.02 Å². The van der Waals surface area contributed by atoms with Gasteiger partial charge >= 0.3 is 0 Å². The van der Waals surface area contributed by atoms with Gasteiger partial charge in [-0.1, -0.05) is 59.8 Å². The molecule has 0 aliphatic carbocycles. The highest BCUT2D eigenvalue weighted by atomic mass is 35.5. The van der Waals surface area contributed by atoms with Gasteiger partial charge in [0.15, 0.2) is 5.82 Å². The van der Waals surface area contributed by atoms with E-state index in [0.717, 1.165) is 11.1 Å². The summed E-state index contributed by atoms with van der Waals surface area (Å²) in [6, 6.07) is 24.1. The lowest BCUT2D eigenvalue weighted by molar-refractivity contribution is -0.115. The number of amides is 1. The maximum absolute atomic E-state index is 13.2. The largest absolute Gasteiger partial charge is 0.497 e. The molecule has 0 spiro atoms. The Balaban J connectivity index is 1.57. The fourth-order valence-electron chi connectivity index (χ4n) is 2.95. The molecule has 1 atom stereocenters. The van der Waals surface area contributed by atoms with Gasteiger partial charge in [-0.2, -0.15) is 0 Å². The Kier molecular flexibility index (Phi) is 6.54. The van der Waals surface area contributed by atoms with Gasteiger partial charge in [-0.3, -0.25) is 9.89 Å². The first-order chi connectivity index (χ1) is 15.1. The van der Waals surface area contributed by atoms with Crippen LogP contribution in [0.15, 0.2) is 84.0 Å². The minimum absolute atomic E-state index is 0.178. The molecule has 1 heterocycles. The molecule has 3 aromatic carbocycles. The summed E-state index contributed by atoms with van der Waals surface area (Å²) in [5.41, 5.74) is 2.37. The highest BCUT2D eigenvalue weighted by Gasteiger charge is 2.24. The number of hydrogen-bond acceptors (Lipinski definition) is 5. The number of carbonyl (C=O) groups is 1. The molecule has 1 unspecified atom stereocenters. The number of rotatable bonds is 7. The highest BCUT2D eigenvalue weighted by molar-refractivity contribution is 8.00. The molecule has 0 fully saturated rings. The normalized spacial score (nSPS) is 11.7. The zero-order chi connectivity index (χ0) is 21.6. The van der Waals surface area contributed by atoms with Gasteiger partial charge in [0.1, 0.15) is 11.0 Å². The molecule has 4 aromatic rings. The maximum Gasteiger partial charge on any atom is 0.242 e. The van der Waals surface area contributed by atoms with Crippen LogP contribution in [0.5, 0.6) is 5.75 Å². The fourth-order valence-corrected chi connectivity index (χ4v) is 3.99. The molecule has 1 amide bonds. The van der Waals surface area contributed by atoms with E-state index in [1.165, 1.54) is 11.8 Å². The van der Waals surface area contributed by atoms with Crippen molar-refractivity contribution in [2.75, 3.05) is 12.4 Å². The predicted molar refractivity (Wildman–Crippen MR) is 123 cm³/mol. The van der Waals surface area contributed by atoms with Crippen LogP contribution < -0.4 is 10.1 Å². The first-order valence-corrected chi connectivity index (χ1v) is 10.7. The molecule has 0 saturated carbocycles. The highest BCUT2D eigenvalue weighted by Crippen LogP contribution is 2.35. The number of benzene rings is 3. The molecule has 0 saturated heterocycles. The number of aromatic nitrogens is 3. The lowest BCUT2D eigenvalue weighted by Crippen LogP contribution is -2.19. The van der Waals surface area contributed by atoms with Crippen LogP contribution in [0.3, 0.4) is 0 Å². The molecule has 31 heavy (non-hydrogen) atoms. The number of halogens is 1. The van der Waals surface area contributed by atoms with E-state index in [2.05, 4.69) is 20.5 Å². The quantitative estimate of drug-likeness (QED) is 0.358. The molecular weight excluding hydrogens is 432 g/mol. The number of aromatic amines is 1. The van der Waals surface area contributed by atoms with Crippen LogP contribution in [0, 0.1) is 0 Å². The van der Waals surface area contributed by atoms with Gasteiger partial charge in [0, 0.05) is 22.3 Å². The minimum Gasteiger partial charge on any atom is -0.497 e. The van der Waals surface area contributed by atoms with Gasteiger partial charge in [-0.25, -0.2) is 4.98 Å². The van der Waals surface area contributed by atoms with Crippen molar-refractivity contribution in [1.82, 2.24) is 15.2 Å². The van der Waals surface area contributed by atoms with Gasteiger partial charge in [-0.15, -0.1) is 5.10 Å². The van der Waals surface area contributed by atoms with Crippen molar-refractivity contribution in [3.63, 3.8) is 0 Å². The topological polar surface area (TPSA) is 79.9 Å². The number of anilines is 1. The lowest BCUT2D eigenvalue weighted by atomic mass is 10.1. The van der Waals surface area contributed by atoms with E-state index in [4.69, 9.17) is 16.3 Å². The lowest BCUT2D eigenvalue weighted by Gasteiger charge is -2.16. The van der Waals surface area contributed by atoms with E-state index < -0.39 is 5.25 Å². The van der Waals surface area contributed by atoms with Crippen molar-refractivity contribution in [2.24, 2.45) is 0 Å². The van der Waals surface area contributed by atoms with Gasteiger partial charge in [0.05, 0.1) is 7.11 Å². The van der Waals surface area contributed by atoms with Crippen molar-refractivity contribution in [2.45, 2.75) is 10.4 Å². The fraction of sp³-hybridized carbons (Fsp3) is 0.0870. The number of H-pyrrole nitrogens is 1. The molecule has 8 heteroatoms. The Hall–Kier alpha value is -3.29. The number of thioether (sulfide) groups is 1. The third-order valence-electron chi connectivity index (χ3n) is 4.48. The summed E-state index contributed by atoms with van der Waals surface area (Å²) in [7, 11) is 1.59. The standard InChI is InChI=1S/C23H19ClN4O2S/c1-30-19-9-5-8-18(14-19)25-22(29)20(15-6-3-2-4-7-15)31-23-26-21(27-28-23)16-10-12-17(24)13-11-16/h2-14,20H,1H3,(H,25,29)(H,26,27,28). The summed E-state index contributed by atoms with van der Waals surface area (Å²) in [5, 5.41) is 10.8. The van der Waals surface area contributed by atoms with E-state index in [9.17, 15) is 4.79 Å². The van der Waals surface area contributed by atoms with Gasteiger partial charge in [-0.05, 0) is 42.0 Å². The Bertz CT molecular complexity index is 1170. The molecule has 0 radical (unpaired) electrons. The first kappa shape index (κ1) is 21.0. The number of carbonyl (C=O) groups excluding carboxylic acids is 1. The second-order valence-corrected chi connectivity index (χ2v) is 8.11. The van der Waals surface area contributed by atoms with Gasteiger partial charge in [0.25, 0.3) is 0 Å². The molecule has 6 nitrogen and oxygen atoms in total. The van der Waals surface area contributed by atoms with E-state index in [1.54, 1.807) is 25.3 Å². The van der Waals surface area contributed by atoms with Crippen LogP contribution in [0.4, 0.5) is 5.69 Å². The van der Waals surface area contributed by atoms with E-state index in [1.807, 2.05) is 60.7 Å². The third-order valence-corrected chi connectivity index (χ3v) is 5.85. The summed E-state index contributed by atoms with van der Waals surface area (Å²) < 4.78 is 5.24. The Morgan fingerprint density at radius 1 is 1.06 bits per heavy atom. The molecule has 156 valence electrons. The van der Waals surface area contributed by atoms with Crippen LogP contribution in [0.1, 0.15) is 10.8 Å². The summed E-state index contributed by atoms with van der Waals surface area (Å²) in [4.78, 5) is 17.7. The molecule has 4 rings (SSSR count). The Morgan fingerprint density at radius 2 is 1.84 bits per heavy atom. The number of ether oxygens (including phenoxy) is 1. The van der Waals surface area contributed by atoms with Crippen LogP contribution in [-0.4, -0.2) is 28.2 Å². The summed E-state index contributed by atoms with van der Waals surface area (Å²) in [5.74, 6) is 1.10. The number of hydrogen-bond donors (Lipinski definition) is 2. The zero-order valence-electron chi connectivity index (χ0n) is 16.6. The third kappa shape index (κ3) is 5.25. The van der Waals surface area contributed by atoms with E-state index in [-0.39, 0.29) is 5.91 Å². The second kappa shape index (κ2) is 9.68. The summed E-state index contributed by atoms with van der Waals surface area (Å²) in [6.07, 6.45) is 0. The van der Waals surface area contributed by atoms with Gasteiger partial charge < -0.3 is 10.1 Å². The Labute approximate surface area is 189 Å². The average Bonchev–Trinajstić information content (AvgIpc) is 3.27. The number of methoxy groups -OCH3 is 1. The molecule has 0 aliphatic heterocycles. The van der Waals surface area contributed by atoms with Crippen LogP contribution >= 0.6 is 23.4 Å². The van der Waals surface area contributed by atoms with E-state index >= 15 is 0 Å². The molecule has 0 aliphatic rings. The van der Waals surface area contributed by atoms with Crippen molar-refractivity contribution in [1.29, 1.82) is 0 Å². The van der Waals surface area contributed by atoms with Crippen molar-refractivity contribution in [3.8, 4) is 17.1 Å². The SMILES string of the molecule is COc1cccc(NC(=O)C(Sc2n[nH]c(-c3ccc(Cl)cc3)n2)c2ccccc2)c1. The summed E-state index contributed by atoms with van der Waals surface area (Å²) >= 11 is 7.23. The number of nitrogens with zero attached hydrogens (tertiary/aromatic N) is 2. The predicted octanol–water partition coefficient (Wildman–Crippen LogP) is 5.61. The molecule has 1 aromatic heterocycles. The van der Waals surface area contributed by atoms with Crippen molar-refractivity contribution >= 4 is 35.0 Å².